The largest absolute Gasteiger partial charge is 0.461 e. The summed E-state index contributed by atoms with van der Waals surface area (Å²) in [5.74, 6) is -0.211. The predicted molar refractivity (Wildman–Crippen MR) is 102 cm³/mol. The Balaban J connectivity index is 1.59. The van der Waals surface area contributed by atoms with Crippen molar-refractivity contribution in [1.82, 2.24) is 0 Å². The minimum Gasteiger partial charge on any atom is -0.461 e. The van der Waals surface area contributed by atoms with Crippen molar-refractivity contribution < 1.29 is 22.9 Å². The van der Waals surface area contributed by atoms with E-state index in [4.69, 9.17) is 16.3 Å². The van der Waals surface area contributed by atoms with Gasteiger partial charge in [-0.15, -0.1) is 11.8 Å². The molecule has 0 aromatic heterocycles. The lowest BCUT2D eigenvalue weighted by molar-refractivity contribution is -0.385. The number of carbonyl (C=O) groups excluding carboxylic acids is 1. The van der Waals surface area contributed by atoms with E-state index in [1.165, 1.54) is 23.9 Å². The minimum atomic E-state index is -3.56. The van der Waals surface area contributed by atoms with Gasteiger partial charge in [0.1, 0.15) is 6.61 Å². The van der Waals surface area contributed by atoms with E-state index in [1.54, 1.807) is 24.3 Å². The molecule has 1 heterocycles. The van der Waals surface area contributed by atoms with Gasteiger partial charge in [-0.25, -0.2) is 13.2 Å². The Kier molecular flexibility index (Phi) is 5.73. The molecule has 0 saturated heterocycles. The van der Waals surface area contributed by atoms with E-state index in [9.17, 15) is 23.3 Å². The van der Waals surface area contributed by atoms with E-state index in [1.807, 2.05) is 0 Å². The monoisotopic (exact) mass is 427 g/mol. The van der Waals surface area contributed by atoms with Crippen LogP contribution in [-0.2, 0) is 14.6 Å². The minimum absolute atomic E-state index is 0.00681. The maximum absolute atomic E-state index is 12.3. The van der Waals surface area contributed by atoms with Crippen LogP contribution in [0.3, 0.4) is 0 Å². The third-order valence-corrected chi connectivity index (χ3v) is 7.46. The Morgan fingerprint density at radius 2 is 1.96 bits per heavy atom. The SMILES string of the molecule is O=C(OCCS[C@H]1CS(=O)(=O)c2cc([N+](=O)[O-])ccc21)c1ccc(Cl)cc1. The van der Waals surface area contributed by atoms with Crippen molar-refractivity contribution in [3.05, 3.63) is 68.7 Å². The topological polar surface area (TPSA) is 104 Å². The summed E-state index contributed by atoms with van der Waals surface area (Å²) in [6.45, 7) is 0.116. The van der Waals surface area contributed by atoms with Gasteiger partial charge in [0, 0.05) is 28.2 Å². The van der Waals surface area contributed by atoms with Crippen molar-refractivity contribution in [2.45, 2.75) is 10.1 Å². The van der Waals surface area contributed by atoms with Crippen LogP contribution in [0.15, 0.2) is 47.4 Å². The number of non-ortho nitro benzene ring substituents is 1. The Labute approximate surface area is 164 Å². The first-order chi connectivity index (χ1) is 12.8. The number of hydrogen-bond acceptors (Lipinski definition) is 7. The molecule has 142 valence electrons. The highest BCUT2D eigenvalue weighted by molar-refractivity contribution is 8.01. The summed E-state index contributed by atoms with van der Waals surface area (Å²) in [5, 5.41) is 11.0. The maximum Gasteiger partial charge on any atom is 0.338 e. The van der Waals surface area contributed by atoms with Crippen LogP contribution in [0.1, 0.15) is 21.2 Å². The Morgan fingerprint density at radius 1 is 1.26 bits per heavy atom. The van der Waals surface area contributed by atoms with Gasteiger partial charge in [-0.3, -0.25) is 10.1 Å². The molecule has 3 rings (SSSR count). The lowest BCUT2D eigenvalue weighted by Crippen LogP contribution is -2.09. The second-order valence-electron chi connectivity index (χ2n) is 5.76. The van der Waals surface area contributed by atoms with Gasteiger partial charge in [-0.1, -0.05) is 11.6 Å². The van der Waals surface area contributed by atoms with Gasteiger partial charge in [0.25, 0.3) is 5.69 Å². The summed E-state index contributed by atoms with van der Waals surface area (Å²) in [6.07, 6.45) is 0. The van der Waals surface area contributed by atoms with Crippen LogP contribution in [-0.4, -0.2) is 37.4 Å². The summed E-state index contributed by atoms with van der Waals surface area (Å²) in [4.78, 5) is 22.2. The number of nitro groups is 1. The molecule has 1 aliphatic heterocycles. The van der Waals surface area contributed by atoms with Crippen LogP contribution in [0.25, 0.3) is 0 Å². The van der Waals surface area contributed by atoms with E-state index < -0.39 is 20.7 Å². The first-order valence-corrected chi connectivity index (χ1v) is 10.9. The Hall–Kier alpha value is -2.10. The molecule has 7 nitrogen and oxygen atoms in total. The van der Waals surface area contributed by atoms with Crippen molar-refractivity contribution in [2.75, 3.05) is 18.1 Å². The van der Waals surface area contributed by atoms with E-state index >= 15 is 0 Å². The standard InChI is InChI=1S/C17H14ClNO6S2/c18-12-3-1-11(2-4-12)17(20)25-7-8-26-15-10-27(23,24)16-9-13(19(21)22)5-6-14(15)16/h1-6,9,15H,7-8,10H2/t15-/m0/s1. The average Bonchev–Trinajstić information content (AvgIpc) is 2.89. The van der Waals surface area contributed by atoms with Gasteiger partial charge >= 0.3 is 5.97 Å². The zero-order valence-corrected chi connectivity index (χ0v) is 16.2. The number of fused-ring (bicyclic) bond motifs is 1. The van der Waals surface area contributed by atoms with Gasteiger partial charge in [0.2, 0.25) is 0 Å². The summed E-state index contributed by atoms with van der Waals surface area (Å²) in [7, 11) is -3.56. The molecule has 2 aromatic rings. The van der Waals surface area contributed by atoms with Gasteiger partial charge in [0.05, 0.1) is 21.1 Å². The van der Waals surface area contributed by atoms with Gasteiger partial charge in [-0.2, -0.15) is 0 Å². The number of halogens is 1. The number of rotatable bonds is 6. The van der Waals surface area contributed by atoms with E-state index in [2.05, 4.69) is 0 Å². The van der Waals surface area contributed by atoms with Crippen molar-refractivity contribution >= 4 is 44.9 Å². The molecule has 0 saturated carbocycles. The molecule has 0 N–H and O–H groups in total. The first-order valence-electron chi connectivity index (χ1n) is 7.83. The lowest BCUT2D eigenvalue weighted by atomic mass is 10.1. The molecule has 0 fully saturated rings. The fourth-order valence-electron chi connectivity index (χ4n) is 2.68. The summed E-state index contributed by atoms with van der Waals surface area (Å²) in [6, 6.07) is 10.2. The van der Waals surface area contributed by atoms with Crippen LogP contribution in [0.4, 0.5) is 5.69 Å². The highest BCUT2D eigenvalue weighted by Crippen LogP contribution is 2.43. The van der Waals surface area contributed by atoms with E-state index in [-0.39, 0.29) is 28.2 Å². The zero-order valence-electron chi connectivity index (χ0n) is 13.8. The molecule has 1 aliphatic rings. The number of sulfone groups is 1. The van der Waals surface area contributed by atoms with Crippen molar-refractivity contribution in [1.29, 1.82) is 0 Å². The van der Waals surface area contributed by atoms with Gasteiger partial charge < -0.3 is 4.74 Å². The normalized spacial score (nSPS) is 17.3. The molecule has 0 amide bonds. The maximum atomic E-state index is 12.3. The summed E-state index contributed by atoms with van der Waals surface area (Å²) < 4.78 is 29.7. The fraction of sp³-hybridized carbons (Fsp3) is 0.235. The van der Waals surface area contributed by atoms with Crippen molar-refractivity contribution in [3.8, 4) is 0 Å². The average molecular weight is 428 g/mol. The summed E-state index contributed by atoms with van der Waals surface area (Å²) in [5.41, 5.74) is 0.681. The fourth-order valence-corrected chi connectivity index (χ4v) is 6.28. The molecule has 0 spiro atoms. The number of nitrogens with zero attached hydrogens (tertiary/aromatic N) is 1. The summed E-state index contributed by atoms with van der Waals surface area (Å²) >= 11 is 7.10. The third kappa shape index (κ3) is 4.42. The molecular weight excluding hydrogens is 414 g/mol. The molecule has 0 aliphatic carbocycles. The molecule has 2 aromatic carbocycles. The van der Waals surface area contributed by atoms with Crippen LogP contribution in [0.5, 0.6) is 0 Å². The molecular formula is C17H14ClNO6S2. The molecule has 27 heavy (non-hydrogen) atoms. The predicted octanol–water partition coefficient (Wildman–Crippen LogP) is 3.67. The quantitative estimate of drug-likeness (QED) is 0.300. The van der Waals surface area contributed by atoms with E-state index in [0.717, 1.165) is 6.07 Å². The molecule has 0 unspecified atom stereocenters. The third-order valence-electron chi connectivity index (χ3n) is 3.98. The molecule has 1 atom stereocenters. The highest BCUT2D eigenvalue weighted by atomic mass is 35.5. The molecule has 0 bridgehead atoms. The van der Waals surface area contributed by atoms with Crippen LogP contribution in [0, 0.1) is 10.1 Å². The number of hydrogen-bond donors (Lipinski definition) is 0. The number of carbonyl (C=O) groups is 1. The lowest BCUT2D eigenvalue weighted by Gasteiger charge is -2.10. The first kappa shape index (κ1) is 19.7. The van der Waals surface area contributed by atoms with Crippen LogP contribution >= 0.6 is 23.4 Å². The Bertz CT molecular complexity index is 991. The van der Waals surface area contributed by atoms with E-state index in [0.29, 0.717) is 21.9 Å². The van der Waals surface area contributed by atoms with Crippen molar-refractivity contribution in [3.63, 3.8) is 0 Å². The number of thioether (sulfide) groups is 1. The second kappa shape index (κ2) is 7.87. The zero-order chi connectivity index (χ0) is 19.6. The number of benzene rings is 2. The number of ether oxygens (including phenoxy) is 1. The number of esters is 1. The van der Waals surface area contributed by atoms with Gasteiger partial charge in [-0.05, 0) is 35.9 Å². The smallest absolute Gasteiger partial charge is 0.338 e. The van der Waals surface area contributed by atoms with Crippen LogP contribution in [0.2, 0.25) is 5.02 Å². The highest BCUT2D eigenvalue weighted by Gasteiger charge is 2.36. The molecule has 0 radical (unpaired) electrons. The van der Waals surface area contributed by atoms with Crippen molar-refractivity contribution in [2.24, 2.45) is 0 Å². The molecule has 10 heteroatoms. The number of nitro benzene ring substituents is 1. The van der Waals surface area contributed by atoms with Gasteiger partial charge in [0.15, 0.2) is 9.84 Å². The second-order valence-corrected chi connectivity index (χ2v) is 9.51. The Morgan fingerprint density at radius 3 is 2.63 bits per heavy atom. The van der Waals surface area contributed by atoms with Crippen LogP contribution < -0.4 is 0 Å².